The molecule has 212 valence electrons. The summed E-state index contributed by atoms with van der Waals surface area (Å²) in [4.78, 5) is 29.0. The topological polar surface area (TPSA) is 168 Å². The number of hydrogen-bond donors (Lipinski definition) is 1. The standard InChI is InChI=1S/C8H9NO3.C7H7NO3.C6H5NO3.C2H6.3CH4/c1-2-12-8-5-3-7(4-6-8)9(10)11;1-11-7-4-2-6(3-5-7)8(9)10;8-6-3-1-5(2-4-6)7(9)10;1-2;;;/h3-6H,2H2,1H3;2-5H,1H3;1-4,8H;1-2H3;3*1H4. The third kappa shape index (κ3) is 16.0. The number of non-ortho nitro benzene ring substituents is 3. The summed E-state index contributed by atoms with van der Waals surface area (Å²) in [7, 11) is 1.52. The lowest BCUT2D eigenvalue weighted by Crippen LogP contribution is -1.92. The van der Waals surface area contributed by atoms with Crippen LogP contribution in [0.1, 0.15) is 43.1 Å². The molecule has 0 aliphatic heterocycles. The molecule has 0 aliphatic rings. The third-order valence-electron chi connectivity index (χ3n) is 3.70. The highest BCUT2D eigenvalue weighted by atomic mass is 16.6. The minimum atomic E-state index is -0.514. The van der Waals surface area contributed by atoms with Gasteiger partial charge < -0.3 is 14.6 Å². The van der Waals surface area contributed by atoms with E-state index in [1.165, 1.54) is 55.6 Å². The molecule has 3 aromatic rings. The minimum Gasteiger partial charge on any atom is -0.508 e. The van der Waals surface area contributed by atoms with Crippen molar-refractivity contribution in [1.82, 2.24) is 0 Å². The van der Waals surface area contributed by atoms with Crippen molar-refractivity contribution >= 4 is 17.1 Å². The Morgan fingerprint density at radius 3 is 1.18 bits per heavy atom. The zero-order valence-electron chi connectivity index (χ0n) is 19.7. The Morgan fingerprint density at radius 1 is 0.632 bits per heavy atom. The second-order valence-electron chi connectivity index (χ2n) is 5.91. The first-order valence-corrected chi connectivity index (χ1v) is 10.3. The molecule has 3 rings (SSSR count). The van der Waals surface area contributed by atoms with E-state index in [0.717, 1.165) is 0 Å². The summed E-state index contributed by atoms with van der Waals surface area (Å²) in [6.45, 7) is 6.43. The van der Waals surface area contributed by atoms with Gasteiger partial charge in [0.1, 0.15) is 17.2 Å². The lowest BCUT2D eigenvalue weighted by atomic mass is 10.3. The van der Waals surface area contributed by atoms with Crippen molar-refractivity contribution < 1.29 is 29.4 Å². The van der Waals surface area contributed by atoms with Crippen LogP contribution in [0.25, 0.3) is 0 Å². The molecule has 0 spiro atoms. The van der Waals surface area contributed by atoms with Gasteiger partial charge >= 0.3 is 0 Å². The summed E-state index contributed by atoms with van der Waals surface area (Å²) >= 11 is 0. The summed E-state index contributed by atoms with van der Waals surface area (Å²) < 4.78 is 9.94. The molecular formula is C26H39N3O9. The Bertz CT molecular complexity index is 1040. The zero-order valence-corrected chi connectivity index (χ0v) is 19.7. The number of phenols is 1. The van der Waals surface area contributed by atoms with Crippen molar-refractivity contribution in [1.29, 1.82) is 0 Å². The van der Waals surface area contributed by atoms with Gasteiger partial charge in [-0.15, -0.1) is 0 Å². The van der Waals surface area contributed by atoms with Crippen molar-refractivity contribution in [3.63, 3.8) is 0 Å². The highest BCUT2D eigenvalue weighted by Crippen LogP contribution is 2.17. The van der Waals surface area contributed by atoms with Crippen LogP contribution < -0.4 is 9.47 Å². The highest BCUT2D eigenvalue weighted by Gasteiger charge is 2.04. The molecule has 0 atom stereocenters. The minimum absolute atomic E-state index is 0. The van der Waals surface area contributed by atoms with E-state index >= 15 is 0 Å². The summed E-state index contributed by atoms with van der Waals surface area (Å²) in [5.74, 6) is 1.31. The van der Waals surface area contributed by atoms with Crippen LogP contribution in [-0.4, -0.2) is 33.6 Å². The van der Waals surface area contributed by atoms with Crippen molar-refractivity contribution in [2.75, 3.05) is 13.7 Å². The molecule has 0 amide bonds. The van der Waals surface area contributed by atoms with Crippen LogP contribution in [0.3, 0.4) is 0 Å². The van der Waals surface area contributed by atoms with Crippen molar-refractivity contribution in [2.45, 2.75) is 43.1 Å². The maximum atomic E-state index is 10.2. The molecule has 0 saturated carbocycles. The van der Waals surface area contributed by atoms with E-state index in [1.54, 1.807) is 24.3 Å². The molecule has 0 aliphatic carbocycles. The van der Waals surface area contributed by atoms with E-state index in [-0.39, 0.29) is 45.1 Å². The molecule has 12 heteroatoms. The summed E-state index contributed by atoms with van der Waals surface area (Å²) in [5, 5.41) is 39.2. The van der Waals surface area contributed by atoms with E-state index in [0.29, 0.717) is 18.1 Å². The average molecular weight is 538 g/mol. The molecule has 0 fully saturated rings. The fourth-order valence-electron chi connectivity index (χ4n) is 2.11. The van der Waals surface area contributed by atoms with E-state index in [1.807, 2.05) is 20.8 Å². The number of benzene rings is 3. The SMILES string of the molecule is C.C.C.CC.CCOc1ccc([N+](=O)[O-])cc1.COc1ccc([N+](=O)[O-])cc1.O=[N+]([O-])c1ccc(O)cc1. The van der Waals surface area contributed by atoms with Crippen LogP contribution in [0.4, 0.5) is 17.1 Å². The molecular weight excluding hydrogens is 498 g/mol. The normalized spacial score (nSPS) is 8.21. The van der Waals surface area contributed by atoms with Gasteiger partial charge in [-0.1, -0.05) is 36.1 Å². The summed E-state index contributed by atoms with van der Waals surface area (Å²) in [6, 6.07) is 17.0. The van der Waals surface area contributed by atoms with Crippen LogP contribution >= 0.6 is 0 Å². The van der Waals surface area contributed by atoms with E-state index in [4.69, 9.17) is 14.6 Å². The number of nitro groups is 3. The molecule has 0 radical (unpaired) electrons. The van der Waals surface area contributed by atoms with Gasteiger partial charge in [0.15, 0.2) is 0 Å². The first kappa shape index (κ1) is 40.4. The largest absolute Gasteiger partial charge is 0.508 e. The summed E-state index contributed by atoms with van der Waals surface area (Å²) in [5.41, 5.74) is 0.141. The second kappa shape index (κ2) is 22.7. The maximum Gasteiger partial charge on any atom is 0.269 e. The molecule has 0 bridgehead atoms. The molecule has 0 unspecified atom stereocenters. The van der Waals surface area contributed by atoms with Crippen molar-refractivity contribution in [2.24, 2.45) is 0 Å². The van der Waals surface area contributed by atoms with Crippen LogP contribution in [-0.2, 0) is 0 Å². The smallest absolute Gasteiger partial charge is 0.269 e. The molecule has 38 heavy (non-hydrogen) atoms. The molecule has 12 nitrogen and oxygen atoms in total. The number of phenolic OH excluding ortho intramolecular Hbond substituents is 1. The van der Waals surface area contributed by atoms with Gasteiger partial charge in [0.2, 0.25) is 0 Å². The number of rotatable bonds is 6. The number of methoxy groups -OCH3 is 1. The van der Waals surface area contributed by atoms with E-state index in [9.17, 15) is 30.3 Å². The predicted octanol–water partition coefficient (Wildman–Crippen LogP) is 7.83. The monoisotopic (exact) mass is 537 g/mol. The van der Waals surface area contributed by atoms with Crippen molar-refractivity contribution in [3.8, 4) is 17.2 Å². The van der Waals surface area contributed by atoms with Gasteiger partial charge in [-0.2, -0.15) is 0 Å². The van der Waals surface area contributed by atoms with Crippen molar-refractivity contribution in [3.05, 3.63) is 103 Å². The molecule has 0 aromatic heterocycles. The fourth-order valence-corrected chi connectivity index (χ4v) is 2.11. The Hall–Kier alpha value is -4.74. The van der Waals surface area contributed by atoms with Gasteiger partial charge in [0.25, 0.3) is 17.1 Å². The third-order valence-corrected chi connectivity index (χ3v) is 3.70. The van der Waals surface area contributed by atoms with E-state index < -0.39 is 14.8 Å². The Labute approximate surface area is 223 Å². The molecule has 0 heterocycles. The van der Waals surface area contributed by atoms with Crippen LogP contribution in [0.2, 0.25) is 0 Å². The van der Waals surface area contributed by atoms with Crippen LogP contribution in [0.15, 0.2) is 72.8 Å². The number of hydrogen-bond acceptors (Lipinski definition) is 9. The number of nitro benzene ring substituents is 3. The Morgan fingerprint density at radius 2 is 0.921 bits per heavy atom. The number of aromatic hydroxyl groups is 1. The maximum absolute atomic E-state index is 10.2. The molecule has 3 aromatic carbocycles. The van der Waals surface area contributed by atoms with Gasteiger partial charge in [-0.25, -0.2) is 0 Å². The van der Waals surface area contributed by atoms with E-state index in [2.05, 4.69) is 0 Å². The fraction of sp³-hybridized carbons (Fsp3) is 0.308. The van der Waals surface area contributed by atoms with Gasteiger partial charge in [0.05, 0.1) is 28.5 Å². The Kier molecular flexibility index (Phi) is 24.2. The Balaban J connectivity index is -0.000000213. The number of ether oxygens (including phenoxy) is 2. The molecule has 0 saturated heterocycles. The average Bonchev–Trinajstić information content (AvgIpc) is 2.87. The lowest BCUT2D eigenvalue weighted by Gasteiger charge is -2.00. The first-order chi connectivity index (χ1) is 16.7. The number of nitrogens with zero attached hydrogens (tertiary/aromatic N) is 3. The summed E-state index contributed by atoms with van der Waals surface area (Å²) in [6.07, 6.45) is 0. The quantitative estimate of drug-likeness (QED) is 0.243. The molecule has 1 N–H and O–H groups in total. The van der Waals surface area contributed by atoms with Crippen LogP contribution in [0.5, 0.6) is 17.2 Å². The van der Waals surface area contributed by atoms with Gasteiger partial charge in [0, 0.05) is 36.4 Å². The lowest BCUT2D eigenvalue weighted by molar-refractivity contribution is -0.385. The van der Waals surface area contributed by atoms with Gasteiger partial charge in [-0.3, -0.25) is 30.3 Å². The first-order valence-electron chi connectivity index (χ1n) is 10.3. The van der Waals surface area contributed by atoms with Gasteiger partial charge in [-0.05, 0) is 43.3 Å². The zero-order chi connectivity index (χ0) is 26.8. The second-order valence-corrected chi connectivity index (χ2v) is 5.91. The highest BCUT2D eigenvalue weighted by molar-refractivity contribution is 5.37. The van der Waals surface area contributed by atoms with Crippen LogP contribution in [0, 0.1) is 30.3 Å². The predicted molar refractivity (Wildman–Crippen MR) is 150 cm³/mol.